The average molecular weight is 529 g/mol. The number of methoxy groups -OCH3 is 1. The van der Waals surface area contributed by atoms with Gasteiger partial charge in [0.1, 0.15) is 24.0 Å². The van der Waals surface area contributed by atoms with Crippen molar-refractivity contribution in [2.45, 2.75) is 52.1 Å². The predicted molar refractivity (Wildman–Crippen MR) is 141 cm³/mol. The molecule has 38 heavy (non-hydrogen) atoms. The van der Waals surface area contributed by atoms with Crippen LogP contribution in [0.2, 0.25) is 0 Å². The van der Waals surface area contributed by atoms with Gasteiger partial charge >= 0.3 is 5.97 Å². The third-order valence-electron chi connectivity index (χ3n) is 5.85. The van der Waals surface area contributed by atoms with Crippen LogP contribution in [0, 0.1) is 0 Å². The Kier molecular flexibility index (Phi) is 11.9. The Morgan fingerprint density at radius 2 is 2.00 bits per heavy atom. The number of hydrogen-bond donors (Lipinski definition) is 2. The molecule has 2 N–H and O–H groups in total. The SMILES string of the molecule is CCCCN(CC)C(=O)Cn1cccc(NC(=O)C(CCC=CC(=O)OC)NC(=O)c2cncn2C)c1=O. The number of amides is 3. The molecule has 0 spiro atoms. The lowest BCUT2D eigenvalue weighted by Crippen LogP contribution is -2.45. The second-order valence-electron chi connectivity index (χ2n) is 8.59. The lowest BCUT2D eigenvalue weighted by molar-refractivity contribution is -0.135. The Morgan fingerprint density at radius 1 is 1.24 bits per heavy atom. The van der Waals surface area contributed by atoms with E-state index >= 15 is 0 Å². The van der Waals surface area contributed by atoms with Crippen molar-refractivity contribution in [3.05, 3.63) is 59.1 Å². The molecule has 12 nitrogen and oxygen atoms in total. The fraction of sp³-hybridized carbons (Fsp3) is 0.462. The molecule has 1 unspecified atom stereocenters. The molecule has 3 amide bonds. The Balaban J connectivity index is 2.18. The maximum atomic E-state index is 13.2. The summed E-state index contributed by atoms with van der Waals surface area (Å²) in [6, 6.07) is 1.97. The Hall–Kier alpha value is -4.22. The van der Waals surface area contributed by atoms with Gasteiger partial charge in [-0.1, -0.05) is 19.4 Å². The number of carbonyl (C=O) groups is 4. The van der Waals surface area contributed by atoms with Crippen molar-refractivity contribution in [2.24, 2.45) is 7.05 Å². The zero-order valence-corrected chi connectivity index (χ0v) is 22.3. The summed E-state index contributed by atoms with van der Waals surface area (Å²) in [5, 5.41) is 5.24. The lowest BCUT2D eigenvalue weighted by atomic mass is 10.1. The zero-order valence-electron chi connectivity index (χ0n) is 22.3. The number of esters is 1. The number of anilines is 1. The molecule has 0 radical (unpaired) electrons. The summed E-state index contributed by atoms with van der Waals surface area (Å²) in [7, 11) is 2.90. The fourth-order valence-corrected chi connectivity index (χ4v) is 3.62. The molecule has 1 atom stereocenters. The van der Waals surface area contributed by atoms with Gasteiger partial charge < -0.3 is 29.4 Å². The van der Waals surface area contributed by atoms with Gasteiger partial charge in [-0.25, -0.2) is 9.78 Å². The molecule has 2 aromatic rings. The van der Waals surface area contributed by atoms with Crippen LogP contribution in [0.15, 0.2) is 47.8 Å². The first kappa shape index (κ1) is 30.0. The molecular weight excluding hydrogens is 492 g/mol. The number of carbonyl (C=O) groups excluding carboxylic acids is 4. The van der Waals surface area contributed by atoms with Crippen LogP contribution >= 0.6 is 0 Å². The standard InChI is InChI=1S/C26H36N6O6/c1-5-7-14-31(6-2)22(33)17-32-15-10-12-20(26(32)37)29-24(35)19(11-8-9-13-23(34)38-4)28-25(36)21-16-27-18-30(21)3/h9-10,12-13,15-16,18-19H,5-8,11,14,17H2,1-4H3,(H,28,36)(H,29,35). The highest BCUT2D eigenvalue weighted by atomic mass is 16.5. The number of hydrogen-bond acceptors (Lipinski definition) is 7. The van der Waals surface area contributed by atoms with Crippen LogP contribution in [0.4, 0.5) is 5.69 Å². The van der Waals surface area contributed by atoms with E-state index < -0.39 is 29.4 Å². The number of unbranched alkanes of at least 4 members (excludes halogenated alkanes) is 1. The molecule has 0 aliphatic carbocycles. The molecule has 0 bridgehead atoms. The van der Waals surface area contributed by atoms with Crippen molar-refractivity contribution in [2.75, 3.05) is 25.5 Å². The van der Waals surface area contributed by atoms with Gasteiger partial charge in [-0.3, -0.25) is 19.2 Å². The molecule has 0 saturated heterocycles. The topological polar surface area (TPSA) is 145 Å². The Morgan fingerprint density at radius 3 is 2.63 bits per heavy atom. The van der Waals surface area contributed by atoms with Gasteiger partial charge in [0.05, 0.1) is 19.6 Å². The van der Waals surface area contributed by atoms with Crippen molar-refractivity contribution < 1.29 is 23.9 Å². The maximum Gasteiger partial charge on any atom is 0.330 e. The summed E-state index contributed by atoms with van der Waals surface area (Å²) in [5.74, 6) is -1.87. The summed E-state index contributed by atoms with van der Waals surface area (Å²) in [6.07, 6.45) is 9.30. The number of aryl methyl sites for hydroxylation is 1. The summed E-state index contributed by atoms with van der Waals surface area (Å²) in [4.78, 5) is 68.6. The second kappa shape index (κ2) is 15.1. The van der Waals surface area contributed by atoms with Crippen molar-refractivity contribution in [1.29, 1.82) is 0 Å². The minimum absolute atomic E-state index is 0.0215. The highest BCUT2D eigenvalue weighted by Gasteiger charge is 2.23. The van der Waals surface area contributed by atoms with E-state index in [0.29, 0.717) is 13.1 Å². The third-order valence-corrected chi connectivity index (χ3v) is 5.85. The highest BCUT2D eigenvalue weighted by molar-refractivity contribution is 6.00. The quantitative estimate of drug-likeness (QED) is 0.279. The van der Waals surface area contributed by atoms with Crippen LogP contribution < -0.4 is 16.2 Å². The van der Waals surface area contributed by atoms with E-state index in [-0.39, 0.29) is 36.7 Å². The number of imidazole rings is 1. The zero-order chi connectivity index (χ0) is 28.1. The Labute approximate surface area is 221 Å². The summed E-state index contributed by atoms with van der Waals surface area (Å²) in [6.45, 7) is 4.91. The van der Waals surface area contributed by atoms with E-state index in [1.165, 1.54) is 53.2 Å². The van der Waals surface area contributed by atoms with Gasteiger partial charge in [-0.2, -0.15) is 0 Å². The predicted octanol–water partition coefficient (Wildman–Crippen LogP) is 1.48. The van der Waals surface area contributed by atoms with Gasteiger partial charge in [0.15, 0.2) is 0 Å². The summed E-state index contributed by atoms with van der Waals surface area (Å²) in [5.41, 5.74) is -0.313. The van der Waals surface area contributed by atoms with E-state index in [9.17, 15) is 24.0 Å². The molecule has 0 aromatic carbocycles. The first-order chi connectivity index (χ1) is 18.2. The monoisotopic (exact) mass is 528 g/mol. The lowest BCUT2D eigenvalue weighted by Gasteiger charge is -2.21. The largest absolute Gasteiger partial charge is 0.466 e. The molecule has 0 aliphatic rings. The number of nitrogens with one attached hydrogen (secondary N) is 2. The van der Waals surface area contributed by atoms with Gasteiger partial charge in [0, 0.05) is 32.4 Å². The van der Waals surface area contributed by atoms with E-state index in [0.717, 1.165) is 12.8 Å². The number of pyridine rings is 1. The van der Waals surface area contributed by atoms with E-state index in [4.69, 9.17) is 0 Å². The van der Waals surface area contributed by atoms with Gasteiger partial charge in [-0.05, 0) is 38.3 Å². The molecule has 2 heterocycles. The highest BCUT2D eigenvalue weighted by Crippen LogP contribution is 2.07. The van der Waals surface area contributed by atoms with Crippen LogP contribution in [-0.4, -0.2) is 69.0 Å². The first-order valence-electron chi connectivity index (χ1n) is 12.5. The minimum Gasteiger partial charge on any atom is -0.466 e. The van der Waals surface area contributed by atoms with E-state index in [1.54, 1.807) is 18.0 Å². The van der Waals surface area contributed by atoms with Crippen LogP contribution in [0.3, 0.4) is 0 Å². The second-order valence-corrected chi connectivity index (χ2v) is 8.59. The molecule has 12 heteroatoms. The van der Waals surface area contributed by atoms with Gasteiger partial charge in [0.25, 0.3) is 11.5 Å². The number of ether oxygens (including phenoxy) is 1. The summed E-state index contributed by atoms with van der Waals surface area (Å²) >= 11 is 0. The smallest absolute Gasteiger partial charge is 0.330 e. The number of allylic oxidation sites excluding steroid dienone is 1. The number of aromatic nitrogens is 3. The van der Waals surface area contributed by atoms with Crippen LogP contribution in [0.1, 0.15) is 50.0 Å². The van der Waals surface area contributed by atoms with Crippen molar-refractivity contribution >= 4 is 29.4 Å². The molecular formula is C26H36N6O6. The molecule has 0 saturated carbocycles. The molecule has 2 rings (SSSR count). The van der Waals surface area contributed by atoms with Gasteiger partial charge in [0.2, 0.25) is 11.8 Å². The minimum atomic E-state index is -1.03. The normalized spacial score (nSPS) is 11.7. The molecule has 2 aromatic heterocycles. The van der Waals surface area contributed by atoms with Crippen molar-refractivity contribution in [1.82, 2.24) is 24.3 Å². The Bertz CT molecular complexity index is 1200. The molecule has 0 aliphatic heterocycles. The van der Waals surface area contributed by atoms with E-state index in [1.807, 2.05) is 13.8 Å². The number of rotatable bonds is 14. The first-order valence-corrected chi connectivity index (χ1v) is 12.5. The summed E-state index contributed by atoms with van der Waals surface area (Å²) < 4.78 is 7.31. The van der Waals surface area contributed by atoms with Crippen LogP contribution in [-0.2, 0) is 32.7 Å². The molecule has 0 fully saturated rings. The van der Waals surface area contributed by atoms with Crippen molar-refractivity contribution in [3.8, 4) is 0 Å². The molecule has 206 valence electrons. The van der Waals surface area contributed by atoms with Crippen LogP contribution in [0.5, 0.6) is 0 Å². The number of likely N-dealkylation sites (N-methyl/N-ethyl adjacent to an activating group) is 1. The van der Waals surface area contributed by atoms with Crippen molar-refractivity contribution in [3.63, 3.8) is 0 Å². The van der Waals surface area contributed by atoms with E-state index in [2.05, 4.69) is 20.4 Å². The number of nitrogens with zero attached hydrogens (tertiary/aromatic N) is 4. The van der Waals surface area contributed by atoms with Crippen LogP contribution in [0.25, 0.3) is 0 Å². The average Bonchev–Trinajstić information content (AvgIpc) is 3.34. The van der Waals surface area contributed by atoms with Gasteiger partial charge in [-0.15, -0.1) is 0 Å². The fourth-order valence-electron chi connectivity index (χ4n) is 3.62. The maximum absolute atomic E-state index is 13.2. The third kappa shape index (κ3) is 8.71.